The molecule has 0 saturated heterocycles. The fraction of sp³-hybridized carbons (Fsp3) is 0.308. The molecule has 0 aliphatic carbocycles. The number of aliphatic hydroxyl groups excluding tert-OH is 1. The molecule has 35 heavy (non-hydrogen) atoms. The van der Waals surface area contributed by atoms with Crippen LogP contribution in [-0.4, -0.2) is 46.2 Å². The molecule has 9 nitrogen and oxygen atoms in total. The zero-order valence-electron chi connectivity index (χ0n) is 19.4. The van der Waals surface area contributed by atoms with Gasteiger partial charge in [-0.1, -0.05) is 31.0 Å². The van der Waals surface area contributed by atoms with E-state index in [1.165, 1.54) is 4.90 Å². The van der Waals surface area contributed by atoms with Gasteiger partial charge in [-0.05, 0) is 49.2 Å². The van der Waals surface area contributed by atoms with Gasteiger partial charge in [0.05, 0.1) is 17.8 Å². The van der Waals surface area contributed by atoms with Crippen LogP contribution in [0.25, 0.3) is 10.9 Å². The molecule has 0 bridgehead atoms. The first kappa shape index (κ1) is 25.8. The second-order valence-corrected chi connectivity index (χ2v) is 8.11. The molecule has 2 aromatic carbocycles. The molecule has 1 heterocycles. The lowest BCUT2D eigenvalue weighted by Gasteiger charge is -2.23. The molecule has 0 aliphatic rings. The molecule has 1 aromatic heterocycles. The van der Waals surface area contributed by atoms with Crippen molar-refractivity contribution in [2.75, 3.05) is 23.4 Å². The highest BCUT2D eigenvalue weighted by molar-refractivity contribution is 6.10. The number of benzene rings is 2. The summed E-state index contributed by atoms with van der Waals surface area (Å²) >= 11 is 0. The van der Waals surface area contributed by atoms with E-state index < -0.39 is 5.91 Å². The number of hydrogen-bond donors (Lipinski definition) is 4. The number of unbranched alkanes of at least 4 members (excludes halogenated alkanes) is 3. The molecule has 0 spiro atoms. The molecule has 4 N–H and O–H groups in total. The van der Waals surface area contributed by atoms with Gasteiger partial charge in [0.15, 0.2) is 0 Å². The molecule has 0 saturated carbocycles. The minimum atomic E-state index is -0.405. The summed E-state index contributed by atoms with van der Waals surface area (Å²) < 4.78 is 0. The standard InChI is InChI=1S/C26H30N4O5/c31-18-17-30(22-9-5-7-19-8-6-16-27-25(19)22)26(34)20-12-14-21(15-13-20)28-23(32)10-3-1-2-4-11-24(33)29-35/h5-9,12-16,31,35H,1-4,10-11,17-18H2,(H,28,32)(H,29,33). The number of hydroxylamine groups is 1. The molecular formula is C26H30N4O5. The van der Waals surface area contributed by atoms with Gasteiger partial charge in [0, 0.05) is 42.2 Å². The predicted molar refractivity (Wildman–Crippen MR) is 133 cm³/mol. The summed E-state index contributed by atoms with van der Waals surface area (Å²) in [6, 6.07) is 16.0. The number of fused-ring (bicyclic) bond motifs is 1. The second-order valence-electron chi connectivity index (χ2n) is 8.11. The smallest absolute Gasteiger partial charge is 0.258 e. The lowest BCUT2D eigenvalue weighted by molar-refractivity contribution is -0.129. The summed E-state index contributed by atoms with van der Waals surface area (Å²) in [5, 5.41) is 21.8. The fourth-order valence-corrected chi connectivity index (χ4v) is 3.79. The van der Waals surface area contributed by atoms with E-state index in [9.17, 15) is 19.5 Å². The van der Waals surface area contributed by atoms with E-state index in [2.05, 4.69) is 10.3 Å². The molecule has 0 atom stereocenters. The molecule has 0 fully saturated rings. The van der Waals surface area contributed by atoms with Crippen molar-refractivity contribution in [1.29, 1.82) is 0 Å². The van der Waals surface area contributed by atoms with E-state index in [0.29, 0.717) is 41.7 Å². The van der Waals surface area contributed by atoms with E-state index in [0.717, 1.165) is 18.2 Å². The van der Waals surface area contributed by atoms with Crippen LogP contribution in [0.15, 0.2) is 60.8 Å². The van der Waals surface area contributed by atoms with Crippen LogP contribution in [0.5, 0.6) is 0 Å². The van der Waals surface area contributed by atoms with Crippen molar-refractivity contribution in [1.82, 2.24) is 10.5 Å². The van der Waals surface area contributed by atoms with Gasteiger partial charge in [-0.15, -0.1) is 0 Å². The Balaban J connectivity index is 1.57. The van der Waals surface area contributed by atoms with Crippen LogP contribution >= 0.6 is 0 Å². The third kappa shape index (κ3) is 7.33. The van der Waals surface area contributed by atoms with Crippen molar-refractivity contribution < 1.29 is 24.7 Å². The minimum Gasteiger partial charge on any atom is -0.395 e. The fourth-order valence-electron chi connectivity index (χ4n) is 3.79. The number of carbonyl (C=O) groups is 3. The van der Waals surface area contributed by atoms with Crippen LogP contribution in [0.2, 0.25) is 0 Å². The zero-order valence-corrected chi connectivity index (χ0v) is 19.4. The summed E-state index contributed by atoms with van der Waals surface area (Å²) in [6.07, 6.45) is 5.24. The molecule has 184 valence electrons. The number of rotatable bonds is 12. The van der Waals surface area contributed by atoms with Gasteiger partial charge in [-0.3, -0.25) is 24.6 Å². The Morgan fingerprint density at radius 1 is 0.857 bits per heavy atom. The van der Waals surface area contributed by atoms with Gasteiger partial charge in [0.2, 0.25) is 11.8 Å². The van der Waals surface area contributed by atoms with Crippen LogP contribution in [0.3, 0.4) is 0 Å². The Morgan fingerprint density at radius 2 is 1.54 bits per heavy atom. The van der Waals surface area contributed by atoms with E-state index >= 15 is 0 Å². The molecule has 0 aliphatic heterocycles. The Kier molecular flexibility index (Phi) is 9.70. The number of hydrogen-bond acceptors (Lipinski definition) is 6. The molecule has 0 unspecified atom stereocenters. The number of nitrogens with one attached hydrogen (secondary N) is 2. The number of carbonyl (C=O) groups excluding carboxylic acids is 3. The van der Waals surface area contributed by atoms with Crippen molar-refractivity contribution in [2.24, 2.45) is 0 Å². The number of para-hydroxylation sites is 1. The van der Waals surface area contributed by atoms with E-state index in [-0.39, 0.29) is 31.4 Å². The first-order valence-electron chi connectivity index (χ1n) is 11.6. The lowest BCUT2D eigenvalue weighted by Crippen LogP contribution is -2.33. The highest BCUT2D eigenvalue weighted by Crippen LogP contribution is 2.26. The van der Waals surface area contributed by atoms with Gasteiger partial charge < -0.3 is 15.3 Å². The summed E-state index contributed by atoms with van der Waals surface area (Å²) in [6.45, 7) is -0.0740. The number of nitrogens with zero attached hydrogens (tertiary/aromatic N) is 2. The average molecular weight is 479 g/mol. The molecule has 9 heteroatoms. The Labute approximate surface area is 203 Å². The second kappa shape index (κ2) is 13.2. The van der Waals surface area contributed by atoms with Crippen molar-refractivity contribution in [3.63, 3.8) is 0 Å². The highest BCUT2D eigenvalue weighted by Gasteiger charge is 2.20. The Bertz CT molecular complexity index is 1140. The summed E-state index contributed by atoms with van der Waals surface area (Å²) in [4.78, 5) is 42.3. The first-order valence-corrected chi connectivity index (χ1v) is 11.6. The topological polar surface area (TPSA) is 132 Å². The van der Waals surface area contributed by atoms with E-state index in [1.807, 2.05) is 24.3 Å². The van der Waals surface area contributed by atoms with Crippen molar-refractivity contribution in [3.8, 4) is 0 Å². The van der Waals surface area contributed by atoms with Crippen LogP contribution in [0.4, 0.5) is 11.4 Å². The monoisotopic (exact) mass is 478 g/mol. The largest absolute Gasteiger partial charge is 0.395 e. The number of pyridine rings is 1. The van der Waals surface area contributed by atoms with E-state index in [1.54, 1.807) is 42.0 Å². The Hall–Kier alpha value is -3.82. The number of aliphatic hydroxyl groups is 1. The SMILES string of the molecule is O=C(CCCCCCC(=O)Nc1ccc(C(=O)N(CCO)c2cccc3cccnc23)cc1)NO. The normalized spacial score (nSPS) is 10.7. The van der Waals surface area contributed by atoms with Crippen LogP contribution in [0, 0.1) is 0 Å². The maximum absolute atomic E-state index is 13.3. The van der Waals surface area contributed by atoms with E-state index in [4.69, 9.17) is 5.21 Å². The third-order valence-corrected chi connectivity index (χ3v) is 5.57. The van der Waals surface area contributed by atoms with Crippen molar-refractivity contribution >= 4 is 40.0 Å². The van der Waals surface area contributed by atoms with Gasteiger partial charge in [0.25, 0.3) is 5.91 Å². The van der Waals surface area contributed by atoms with Gasteiger partial charge in [-0.25, -0.2) is 5.48 Å². The third-order valence-electron chi connectivity index (χ3n) is 5.57. The predicted octanol–water partition coefficient (Wildman–Crippen LogP) is 3.66. The van der Waals surface area contributed by atoms with Gasteiger partial charge in [0.1, 0.15) is 0 Å². The number of aromatic nitrogens is 1. The summed E-state index contributed by atoms with van der Waals surface area (Å²) in [5.74, 6) is -0.802. The maximum atomic E-state index is 13.3. The van der Waals surface area contributed by atoms with Crippen LogP contribution in [0.1, 0.15) is 48.9 Å². The number of anilines is 2. The molecular weight excluding hydrogens is 448 g/mol. The van der Waals surface area contributed by atoms with Crippen molar-refractivity contribution in [2.45, 2.75) is 38.5 Å². The molecule has 0 radical (unpaired) electrons. The average Bonchev–Trinajstić information content (AvgIpc) is 2.89. The first-order chi connectivity index (χ1) is 17.0. The summed E-state index contributed by atoms with van der Waals surface area (Å²) in [5.41, 5.74) is 3.92. The minimum absolute atomic E-state index is 0.123. The molecule has 3 aromatic rings. The van der Waals surface area contributed by atoms with Gasteiger partial charge in [-0.2, -0.15) is 0 Å². The van der Waals surface area contributed by atoms with Crippen LogP contribution < -0.4 is 15.7 Å². The Morgan fingerprint density at radius 3 is 2.23 bits per heavy atom. The van der Waals surface area contributed by atoms with Crippen molar-refractivity contribution in [3.05, 3.63) is 66.4 Å². The summed E-state index contributed by atoms with van der Waals surface area (Å²) in [7, 11) is 0. The highest BCUT2D eigenvalue weighted by atomic mass is 16.5. The van der Waals surface area contributed by atoms with Gasteiger partial charge >= 0.3 is 0 Å². The van der Waals surface area contributed by atoms with Crippen LogP contribution in [-0.2, 0) is 9.59 Å². The number of amides is 3. The zero-order chi connectivity index (χ0) is 25.0. The lowest BCUT2D eigenvalue weighted by atomic mass is 10.1. The molecule has 3 amide bonds. The molecule has 3 rings (SSSR count). The maximum Gasteiger partial charge on any atom is 0.258 e. The quantitative estimate of drug-likeness (QED) is 0.178.